The van der Waals surface area contributed by atoms with Crippen LogP contribution >= 0.6 is 34.8 Å². The van der Waals surface area contributed by atoms with Gasteiger partial charge in [-0.3, -0.25) is 9.98 Å². The van der Waals surface area contributed by atoms with Gasteiger partial charge in [0.25, 0.3) is 0 Å². The van der Waals surface area contributed by atoms with Crippen LogP contribution in [0.5, 0.6) is 0 Å². The summed E-state index contributed by atoms with van der Waals surface area (Å²) < 4.78 is 0. The van der Waals surface area contributed by atoms with E-state index in [2.05, 4.69) is 9.98 Å². The van der Waals surface area contributed by atoms with Crippen molar-refractivity contribution in [3.8, 4) is 0 Å². The van der Waals surface area contributed by atoms with Crippen LogP contribution < -0.4 is 0 Å². The van der Waals surface area contributed by atoms with Gasteiger partial charge in [0.15, 0.2) is 0 Å². The summed E-state index contributed by atoms with van der Waals surface area (Å²) in [5.41, 5.74) is 1.75. The quantitative estimate of drug-likeness (QED) is 0.757. The first-order valence-corrected chi connectivity index (χ1v) is 6.33. The number of halogens is 3. The second-order valence-electron chi connectivity index (χ2n) is 3.60. The molecular formula is C13H9Cl3N2. The van der Waals surface area contributed by atoms with E-state index in [-0.39, 0.29) is 0 Å². The van der Waals surface area contributed by atoms with Crippen LogP contribution in [0.15, 0.2) is 41.7 Å². The Balaban J connectivity index is 2.14. The third-order valence-corrected chi connectivity index (χ3v) is 3.19. The molecule has 0 aliphatic heterocycles. The normalized spacial score (nSPS) is 11.1. The lowest BCUT2D eigenvalue weighted by molar-refractivity contribution is 1.08. The van der Waals surface area contributed by atoms with Crippen molar-refractivity contribution in [1.82, 2.24) is 4.98 Å². The van der Waals surface area contributed by atoms with Gasteiger partial charge in [0.05, 0.1) is 6.54 Å². The molecule has 0 unspecified atom stereocenters. The molecule has 1 aromatic heterocycles. The second kappa shape index (κ2) is 6.19. The van der Waals surface area contributed by atoms with Crippen molar-refractivity contribution in [2.75, 3.05) is 0 Å². The monoisotopic (exact) mass is 298 g/mol. The topological polar surface area (TPSA) is 25.2 Å². The maximum absolute atomic E-state index is 6.06. The van der Waals surface area contributed by atoms with Crippen molar-refractivity contribution in [3.63, 3.8) is 0 Å². The molecule has 18 heavy (non-hydrogen) atoms. The third kappa shape index (κ3) is 3.45. The van der Waals surface area contributed by atoms with E-state index in [0.29, 0.717) is 21.6 Å². The SMILES string of the molecule is Clc1cc(Cl)c(CN=Cc2ccncc2)c(Cl)c1. The molecule has 2 nitrogen and oxygen atoms in total. The molecule has 2 rings (SSSR count). The van der Waals surface area contributed by atoms with Crippen molar-refractivity contribution >= 4 is 41.0 Å². The zero-order chi connectivity index (χ0) is 13.0. The minimum absolute atomic E-state index is 0.414. The molecule has 0 bridgehead atoms. The fourth-order valence-corrected chi connectivity index (χ4v) is 2.35. The van der Waals surface area contributed by atoms with Gasteiger partial charge in [-0.05, 0) is 29.8 Å². The molecule has 0 atom stereocenters. The highest BCUT2D eigenvalue weighted by molar-refractivity contribution is 6.39. The van der Waals surface area contributed by atoms with Crippen molar-refractivity contribution in [1.29, 1.82) is 0 Å². The van der Waals surface area contributed by atoms with E-state index < -0.39 is 0 Å². The second-order valence-corrected chi connectivity index (χ2v) is 4.85. The van der Waals surface area contributed by atoms with E-state index in [1.54, 1.807) is 30.7 Å². The summed E-state index contributed by atoms with van der Waals surface area (Å²) in [6.45, 7) is 0.414. The Hall–Kier alpha value is -1.09. The summed E-state index contributed by atoms with van der Waals surface area (Å²) >= 11 is 18.0. The summed E-state index contributed by atoms with van der Waals surface area (Å²) in [7, 11) is 0. The fourth-order valence-electron chi connectivity index (χ4n) is 1.41. The van der Waals surface area contributed by atoms with Gasteiger partial charge >= 0.3 is 0 Å². The van der Waals surface area contributed by atoms with Crippen LogP contribution in [-0.2, 0) is 6.54 Å². The average molecular weight is 300 g/mol. The number of hydrogen-bond donors (Lipinski definition) is 0. The van der Waals surface area contributed by atoms with E-state index in [4.69, 9.17) is 34.8 Å². The Morgan fingerprint density at radius 3 is 2.28 bits per heavy atom. The summed E-state index contributed by atoms with van der Waals surface area (Å²) in [5.74, 6) is 0. The van der Waals surface area contributed by atoms with Crippen LogP contribution in [0.1, 0.15) is 11.1 Å². The molecule has 0 N–H and O–H groups in total. The Morgan fingerprint density at radius 2 is 1.67 bits per heavy atom. The maximum atomic E-state index is 6.06. The van der Waals surface area contributed by atoms with Crippen LogP contribution in [0.3, 0.4) is 0 Å². The van der Waals surface area contributed by atoms with Gasteiger partial charge in [-0.15, -0.1) is 0 Å². The molecule has 1 heterocycles. The van der Waals surface area contributed by atoms with Crippen molar-refractivity contribution in [3.05, 3.63) is 62.9 Å². The molecule has 92 valence electrons. The number of pyridine rings is 1. The largest absolute Gasteiger partial charge is 0.288 e. The summed E-state index contributed by atoms with van der Waals surface area (Å²) in [6, 6.07) is 7.06. The highest BCUT2D eigenvalue weighted by Gasteiger charge is 2.06. The van der Waals surface area contributed by atoms with Crippen LogP contribution in [0.25, 0.3) is 0 Å². The number of hydrogen-bond acceptors (Lipinski definition) is 2. The lowest BCUT2D eigenvalue weighted by Crippen LogP contribution is -1.88. The molecule has 0 spiro atoms. The molecule has 0 aliphatic carbocycles. The highest BCUT2D eigenvalue weighted by atomic mass is 35.5. The lowest BCUT2D eigenvalue weighted by Gasteiger charge is -2.04. The summed E-state index contributed by atoms with van der Waals surface area (Å²) in [4.78, 5) is 8.23. The predicted molar refractivity (Wildman–Crippen MR) is 77.0 cm³/mol. The van der Waals surface area contributed by atoms with E-state index in [0.717, 1.165) is 11.1 Å². The standard InChI is InChI=1S/C13H9Cl3N2/c14-10-5-12(15)11(13(16)6-10)8-18-7-9-1-3-17-4-2-9/h1-7H,8H2. The molecule has 0 saturated carbocycles. The summed E-state index contributed by atoms with van der Waals surface area (Å²) in [6.07, 6.45) is 5.18. The predicted octanol–water partition coefficient (Wildman–Crippen LogP) is 4.66. The zero-order valence-electron chi connectivity index (χ0n) is 9.28. The Morgan fingerprint density at radius 1 is 1.06 bits per heavy atom. The van der Waals surface area contributed by atoms with Gasteiger partial charge in [0, 0.05) is 39.2 Å². The highest BCUT2D eigenvalue weighted by Crippen LogP contribution is 2.29. The average Bonchev–Trinajstić information content (AvgIpc) is 2.34. The third-order valence-electron chi connectivity index (χ3n) is 2.30. The molecule has 0 fully saturated rings. The van der Waals surface area contributed by atoms with Crippen LogP contribution in [-0.4, -0.2) is 11.2 Å². The Bertz CT molecular complexity index is 545. The van der Waals surface area contributed by atoms with E-state index >= 15 is 0 Å². The van der Waals surface area contributed by atoms with Crippen molar-refractivity contribution in [2.45, 2.75) is 6.54 Å². The van der Waals surface area contributed by atoms with Gasteiger partial charge in [-0.2, -0.15) is 0 Å². The maximum Gasteiger partial charge on any atom is 0.0669 e. The molecule has 5 heteroatoms. The fraction of sp³-hybridized carbons (Fsp3) is 0.0769. The van der Waals surface area contributed by atoms with E-state index in [1.165, 1.54) is 0 Å². The zero-order valence-corrected chi connectivity index (χ0v) is 11.5. The Kier molecular flexibility index (Phi) is 4.59. The number of benzene rings is 1. The van der Waals surface area contributed by atoms with Gasteiger partial charge in [0.1, 0.15) is 0 Å². The van der Waals surface area contributed by atoms with Gasteiger partial charge < -0.3 is 0 Å². The van der Waals surface area contributed by atoms with Crippen LogP contribution in [0, 0.1) is 0 Å². The molecule has 0 amide bonds. The number of nitrogens with zero attached hydrogens (tertiary/aromatic N) is 2. The Labute approximate surface area is 120 Å². The van der Waals surface area contributed by atoms with Gasteiger partial charge in [-0.25, -0.2) is 0 Å². The molecule has 0 radical (unpaired) electrons. The smallest absolute Gasteiger partial charge is 0.0669 e. The van der Waals surface area contributed by atoms with Crippen LogP contribution in [0.4, 0.5) is 0 Å². The minimum atomic E-state index is 0.414. The van der Waals surface area contributed by atoms with Crippen molar-refractivity contribution < 1.29 is 0 Å². The number of aromatic nitrogens is 1. The van der Waals surface area contributed by atoms with Gasteiger partial charge in [-0.1, -0.05) is 34.8 Å². The first-order chi connectivity index (χ1) is 8.66. The van der Waals surface area contributed by atoms with Crippen molar-refractivity contribution in [2.24, 2.45) is 4.99 Å². The lowest BCUT2D eigenvalue weighted by atomic mass is 10.2. The van der Waals surface area contributed by atoms with E-state index in [9.17, 15) is 0 Å². The molecule has 1 aromatic carbocycles. The first-order valence-electron chi connectivity index (χ1n) is 5.20. The first kappa shape index (κ1) is 13.3. The van der Waals surface area contributed by atoms with E-state index in [1.807, 2.05) is 12.1 Å². The molecule has 0 aliphatic rings. The van der Waals surface area contributed by atoms with Crippen LogP contribution in [0.2, 0.25) is 15.1 Å². The van der Waals surface area contributed by atoms with Gasteiger partial charge in [0.2, 0.25) is 0 Å². The molecule has 2 aromatic rings. The molecule has 0 saturated heterocycles. The summed E-state index contributed by atoms with van der Waals surface area (Å²) in [5, 5.41) is 1.57. The minimum Gasteiger partial charge on any atom is -0.288 e. The number of aliphatic imine (C=N–C) groups is 1. The number of rotatable bonds is 3. The molecular weight excluding hydrogens is 291 g/mol.